The van der Waals surface area contributed by atoms with Crippen LogP contribution in [0.3, 0.4) is 0 Å². The molecular formula is C9H21N3O. The van der Waals surface area contributed by atoms with Gasteiger partial charge in [-0.1, -0.05) is 0 Å². The number of nitrogens with one attached hydrogen (secondary N) is 1. The zero-order chi connectivity index (χ0) is 9.68. The average molecular weight is 187 g/mol. The largest absolute Gasteiger partial charge is 0.395 e. The molecule has 0 radical (unpaired) electrons. The van der Waals surface area contributed by atoms with E-state index in [-0.39, 0.29) is 6.61 Å². The lowest BCUT2D eigenvalue weighted by Crippen LogP contribution is -2.53. The van der Waals surface area contributed by atoms with Crippen molar-refractivity contribution in [2.24, 2.45) is 0 Å². The third-order valence-electron chi connectivity index (χ3n) is 2.65. The van der Waals surface area contributed by atoms with Crippen LogP contribution in [-0.4, -0.2) is 74.4 Å². The van der Waals surface area contributed by atoms with Crippen LogP contribution in [0.5, 0.6) is 0 Å². The molecule has 0 aliphatic carbocycles. The SMILES string of the molecule is CN1CCN(C)C(CNCCO)C1. The highest BCUT2D eigenvalue weighted by Crippen LogP contribution is 2.04. The summed E-state index contributed by atoms with van der Waals surface area (Å²) in [5, 5.41) is 11.9. The van der Waals surface area contributed by atoms with Gasteiger partial charge in [-0.15, -0.1) is 0 Å². The third kappa shape index (κ3) is 3.60. The molecule has 0 spiro atoms. The van der Waals surface area contributed by atoms with E-state index in [4.69, 9.17) is 5.11 Å². The molecule has 0 amide bonds. The first-order chi connectivity index (χ1) is 6.24. The Morgan fingerprint density at radius 1 is 1.38 bits per heavy atom. The van der Waals surface area contributed by atoms with Crippen LogP contribution >= 0.6 is 0 Å². The van der Waals surface area contributed by atoms with Gasteiger partial charge in [0.2, 0.25) is 0 Å². The van der Waals surface area contributed by atoms with Crippen LogP contribution in [0.15, 0.2) is 0 Å². The molecule has 13 heavy (non-hydrogen) atoms. The molecular weight excluding hydrogens is 166 g/mol. The van der Waals surface area contributed by atoms with Crippen molar-refractivity contribution in [3.05, 3.63) is 0 Å². The number of rotatable bonds is 4. The van der Waals surface area contributed by atoms with Gasteiger partial charge in [0, 0.05) is 38.8 Å². The zero-order valence-electron chi connectivity index (χ0n) is 8.66. The van der Waals surface area contributed by atoms with Crippen LogP contribution in [0.1, 0.15) is 0 Å². The van der Waals surface area contributed by atoms with E-state index in [0.29, 0.717) is 12.6 Å². The molecule has 1 aliphatic rings. The molecule has 1 unspecified atom stereocenters. The quantitative estimate of drug-likeness (QED) is 0.543. The smallest absolute Gasteiger partial charge is 0.0555 e. The molecule has 1 saturated heterocycles. The normalized spacial score (nSPS) is 26.5. The fraction of sp³-hybridized carbons (Fsp3) is 1.00. The molecule has 1 atom stereocenters. The van der Waals surface area contributed by atoms with Crippen molar-refractivity contribution in [1.29, 1.82) is 0 Å². The van der Waals surface area contributed by atoms with Crippen LogP contribution in [0.4, 0.5) is 0 Å². The Bertz CT molecular complexity index is 143. The molecule has 0 bridgehead atoms. The van der Waals surface area contributed by atoms with Gasteiger partial charge in [0.25, 0.3) is 0 Å². The standard InChI is InChI=1S/C9H21N3O/c1-11-4-5-12(2)9(8-11)7-10-3-6-13/h9-10,13H,3-8H2,1-2H3. The minimum Gasteiger partial charge on any atom is -0.395 e. The Kier molecular flexibility index (Phi) is 4.66. The van der Waals surface area contributed by atoms with E-state index >= 15 is 0 Å². The topological polar surface area (TPSA) is 38.7 Å². The molecule has 0 saturated carbocycles. The fourth-order valence-electron chi connectivity index (χ4n) is 1.67. The third-order valence-corrected chi connectivity index (χ3v) is 2.65. The van der Waals surface area contributed by atoms with Gasteiger partial charge >= 0.3 is 0 Å². The molecule has 4 heteroatoms. The van der Waals surface area contributed by atoms with Crippen LogP contribution in [0.25, 0.3) is 0 Å². The first-order valence-corrected chi connectivity index (χ1v) is 4.94. The summed E-state index contributed by atoms with van der Waals surface area (Å²) in [7, 11) is 4.32. The van der Waals surface area contributed by atoms with Crippen molar-refractivity contribution in [3.8, 4) is 0 Å². The number of likely N-dealkylation sites (N-methyl/N-ethyl adjacent to an activating group) is 2. The van der Waals surface area contributed by atoms with Crippen molar-refractivity contribution in [2.75, 3.05) is 53.4 Å². The molecule has 1 aliphatic heterocycles. The maximum Gasteiger partial charge on any atom is 0.0555 e. The van der Waals surface area contributed by atoms with Crippen molar-refractivity contribution in [1.82, 2.24) is 15.1 Å². The van der Waals surface area contributed by atoms with Gasteiger partial charge in [0.15, 0.2) is 0 Å². The average Bonchev–Trinajstić information content (AvgIpc) is 2.11. The summed E-state index contributed by atoms with van der Waals surface area (Å²) in [6.45, 7) is 5.33. The molecule has 2 N–H and O–H groups in total. The van der Waals surface area contributed by atoms with Crippen LogP contribution < -0.4 is 5.32 Å². The maximum atomic E-state index is 8.63. The van der Waals surface area contributed by atoms with Gasteiger partial charge in [-0.05, 0) is 14.1 Å². The number of aliphatic hydroxyl groups excluding tert-OH is 1. The summed E-state index contributed by atoms with van der Waals surface area (Å²) < 4.78 is 0. The van der Waals surface area contributed by atoms with Crippen LogP contribution in [0.2, 0.25) is 0 Å². The lowest BCUT2D eigenvalue weighted by atomic mass is 10.2. The van der Waals surface area contributed by atoms with Crippen LogP contribution in [-0.2, 0) is 0 Å². The summed E-state index contributed by atoms with van der Waals surface area (Å²) in [6, 6.07) is 0.588. The molecule has 1 heterocycles. The van der Waals surface area contributed by atoms with E-state index in [1.165, 1.54) is 0 Å². The van der Waals surface area contributed by atoms with E-state index in [2.05, 4.69) is 29.2 Å². The monoisotopic (exact) mass is 187 g/mol. The summed E-state index contributed by atoms with van der Waals surface area (Å²) in [5.74, 6) is 0. The second kappa shape index (κ2) is 5.54. The lowest BCUT2D eigenvalue weighted by Gasteiger charge is -2.37. The van der Waals surface area contributed by atoms with E-state index < -0.39 is 0 Å². The van der Waals surface area contributed by atoms with Crippen molar-refractivity contribution >= 4 is 0 Å². The van der Waals surface area contributed by atoms with Crippen LogP contribution in [0, 0.1) is 0 Å². The van der Waals surface area contributed by atoms with Gasteiger partial charge in [-0.25, -0.2) is 0 Å². The first kappa shape index (κ1) is 10.9. The van der Waals surface area contributed by atoms with Gasteiger partial charge in [0.05, 0.1) is 6.61 Å². The highest BCUT2D eigenvalue weighted by Gasteiger charge is 2.20. The highest BCUT2D eigenvalue weighted by atomic mass is 16.3. The fourth-order valence-corrected chi connectivity index (χ4v) is 1.67. The van der Waals surface area contributed by atoms with Gasteiger partial charge in [0.1, 0.15) is 0 Å². The second-order valence-electron chi connectivity index (χ2n) is 3.82. The van der Waals surface area contributed by atoms with Gasteiger partial charge in [-0.2, -0.15) is 0 Å². The summed E-state index contributed by atoms with van der Waals surface area (Å²) >= 11 is 0. The van der Waals surface area contributed by atoms with E-state index in [0.717, 1.165) is 26.2 Å². The van der Waals surface area contributed by atoms with E-state index in [1.807, 2.05) is 0 Å². The number of aliphatic hydroxyl groups is 1. The number of hydrogen-bond acceptors (Lipinski definition) is 4. The molecule has 0 aromatic carbocycles. The molecule has 78 valence electrons. The Labute approximate surface area is 80.5 Å². The van der Waals surface area contributed by atoms with E-state index in [9.17, 15) is 0 Å². The number of nitrogens with zero attached hydrogens (tertiary/aromatic N) is 2. The maximum absolute atomic E-state index is 8.63. The van der Waals surface area contributed by atoms with Crippen molar-refractivity contribution < 1.29 is 5.11 Å². The number of hydrogen-bond donors (Lipinski definition) is 2. The molecule has 0 aromatic heterocycles. The predicted molar refractivity (Wildman–Crippen MR) is 53.9 cm³/mol. The van der Waals surface area contributed by atoms with E-state index in [1.54, 1.807) is 0 Å². The predicted octanol–water partition coefficient (Wildman–Crippen LogP) is -1.19. The molecule has 0 aromatic rings. The Morgan fingerprint density at radius 3 is 2.85 bits per heavy atom. The zero-order valence-corrected chi connectivity index (χ0v) is 8.66. The Balaban J connectivity index is 2.21. The van der Waals surface area contributed by atoms with Crippen molar-refractivity contribution in [3.63, 3.8) is 0 Å². The minimum absolute atomic E-state index is 0.228. The molecule has 4 nitrogen and oxygen atoms in total. The number of piperazine rings is 1. The Hall–Kier alpha value is -0.160. The molecule has 1 fully saturated rings. The van der Waals surface area contributed by atoms with Gasteiger partial charge in [-0.3, -0.25) is 4.90 Å². The summed E-state index contributed by atoms with van der Waals surface area (Å²) in [6.07, 6.45) is 0. The molecule has 1 rings (SSSR count). The lowest BCUT2D eigenvalue weighted by molar-refractivity contribution is 0.112. The highest BCUT2D eigenvalue weighted by molar-refractivity contribution is 4.79. The van der Waals surface area contributed by atoms with Crippen molar-refractivity contribution in [2.45, 2.75) is 6.04 Å². The first-order valence-electron chi connectivity index (χ1n) is 4.94. The minimum atomic E-state index is 0.228. The second-order valence-corrected chi connectivity index (χ2v) is 3.82. The summed E-state index contributed by atoms with van der Waals surface area (Å²) in [4.78, 5) is 4.73. The summed E-state index contributed by atoms with van der Waals surface area (Å²) in [5.41, 5.74) is 0. The van der Waals surface area contributed by atoms with Gasteiger partial charge < -0.3 is 15.3 Å². The Morgan fingerprint density at radius 2 is 2.15 bits per heavy atom.